The number of fused-ring (bicyclic) bond motifs is 2. The van der Waals surface area contributed by atoms with Gasteiger partial charge in [0.15, 0.2) is 0 Å². The predicted octanol–water partition coefficient (Wildman–Crippen LogP) is 1.03. The summed E-state index contributed by atoms with van der Waals surface area (Å²) in [7, 11) is 0. The number of hydrazine groups is 1. The maximum absolute atomic E-state index is 12.1. The Balaban J connectivity index is 1.72. The number of aromatic nitrogens is 1. The van der Waals surface area contributed by atoms with Crippen molar-refractivity contribution in [1.29, 1.82) is 0 Å². The molecule has 2 unspecified atom stereocenters. The van der Waals surface area contributed by atoms with Gasteiger partial charge in [-0.15, -0.1) is 0 Å². The minimum Gasteiger partial charge on any atom is -0.308 e. The van der Waals surface area contributed by atoms with Crippen molar-refractivity contribution in [2.75, 3.05) is 5.43 Å². The number of piperidine rings is 1. The lowest BCUT2D eigenvalue weighted by Crippen LogP contribution is -2.32. The van der Waals surface area contributed by atoms with E-state index in [2.05, 4.69) is 10.4 Å². The van der Waals surface area contributed by atoms with Crippen LogP contribution >= 0.6 is 0 Å². The van der Waals surface area contributed by atoms with Crippen LogP contribution in [-0.4, -0.2) is 21.7 Å². The zero-order chi connectivity index (χ0) is 14.6. The number of carbonyl (C=O) groups excluding carboxylic acids is 2. The Hall–Kier alpha value is -2.47. The maximum atomic E-state index is 12.1. The Labute approximate surface area is 120 Å². The number of benzene rings is 1. The fourth-order valence-corrected chi connectivity index (χ4v) is 2.98. The van der Waals surface area contributed by atoms with Gasteiger partial charge in [-0.2, -0.15) is 0 Å². The molecule has 0 bridgehead atoms. The Bertz CT molecular complexity index is 753. The smallest absolute Gasteiger partial charge is 0.233 e. The molecule has 1 aromatic heterocycles. The van der Waals surface area contributed by atoms with E-state index < -0.39 is 0 Å². The zero-order valence-electron chi connectivity index (χ0n) is 11.2. The summed E-state index contributed by atoms with van der Waals surface area (Å²) in [5.74, 6) is 5.71. The molecule has 1 saturated carbocycles. The van der Waals surface area contributed by atoms with E-state index >= 15 is 0 Å². The SMILES string of the molecule is NNc1nc2ccccc2cc1CN1C(=O)C2CC2C1=O. The van der Waals surface area contributed by atoms with Crippen LogP contribution in [0.4, 0.5) is 5.82 Å². The number of pyridine rings is 1. The number of nitrogens with zero attached hydrogens (tertiary/aromatic N) is 2. The van der Waals surface area contributed by atoms with E-state index in [1.807, 2.05) is 30.3 Å². The number of hydrogen-bond donors (Lipinski definition) is 2. The Morgan fingerprint density at radius 2 is 1.95 bits per heavy atom. The van der Waals surface area contributed by atoms with Gasteiger partial charge in [-0.05, 0) is 18.6 Å². The fraction of sp³-hybridized carbons (Fsp3) is 0.267. The number of nitrogens with one attached hydrogen (secondary N) is 1. The highest BCUT2D eigenvalue weighted by molar-refractivity contribution is 6.08. The molecule has 106 valence electrons. The van der Waals surface area contributed by atoms with Crippen LogP contribution in [0.2, 0.25) is 0 Å². The summed E-state index contributed by atoms with van der Waals surface area (Å²) < 4.78 is 0. The molecule has 0 radical (unpaired) electrons. The number of amides is 2. The number of nitrogen functional groups attached to an aromatic ring is 1. The van der Waals surface area contributed by atoms with Crippen molar-refractivity contribution in [3.05, 3.63) is 35.9 Å². The Morgan fingerprint density at radius 3 is 2.67 bits per heavy atom. The number of nitrogens with two attached hydrogens (primary N) is 1. The van der Waals surface area contributed by atoms with Crippen LogP contribution in [0.3, 0.4) is 0 Å². The summed E-state index contributed by atoms with van der Waals surface area (Å²) >= 11 is 0. The molecule has 21 heavy (non-hydrogen) atoms. The Morgan fingerprint density at radius 1 is 1.24 bits per heavy atom. The largest absolute Gasteiger partial charge is 0.308 e. The first kappa shape index (κ1) is 12.3. The topological polar surface area (TPSA) is 88.3 Å². The van der Waals surface area contributed by atoms with Crippen LogP contribution in [0, 0.1) is 11.8 Å². The summed E-state index contributed by atoms with van der Waals surface area (Å²) in [5, 5.41) is 0.954. The van der Waals surface area contributed by atoms with E-state index in [0.29, 0.717) is 12.2 Å². The molecule has 1 aromatic carbocycles. The molecule has 2 fully saturated rings. The number of para-hydroxylation sites is 1. The van der Waals surface area contributed by atoms with Crippen molar-refractivity contribution in [2.45, 2.75) is 13.0 Å². The molecule has 6 nitrogen and oxygen atoms in total. The van der Waals surface area contributed by atoms with Crippen LogP contribution < -0.4 is 11.3 Å². The molecule has 1 saturated heterocycles. The summed E-state index contributed by atoms with van der Waals surface area (Å²) in [5.41, 5.74) is 4.12. The van der Waals surface area contributed by atoms with Crippen molar-refractivity contribution in [1.82, 2.24) is 9.88 Å². The molecule has 0 spiro atoms. The van der Waals surface area contributed by atoms with E-state index in [1.165, 1.54) is 4.90 Å². The first-order valence-electron chi connectivity index (χ1n) is 6.89. The lowest BCUT2D eigenvalue weighted by Gasteiger charge is -2.18. The van der Waals surface area contributed by atoms with Gasteiger partial charge in [-0.1, -0.05) is 18.2 Å². The molecule has 2 amide bonds. The molecule has 6 heteroatoms. The number of anilines is 1. The maximum Gasteiger partial charge on any atom is 0.233 e. The lowest BCUT2D eigenvalue weighted by molar-refractivity contribution is -0.142. The normalized spacial score (nSPS) is 23.6. The zero-order valence-corrected chi connectivity index (χ0v) is 11.2. The Kier molecular flexibility index (Phi) is 2.49. The highest BCUT2D eigenvalue weighted by Gasteiger charge is 2.58. The summed E-state index contributed by atoms with van der Waals surface area (Å²) in [6.45, 7) is 0.224. The second kappa shape index (κ2) is 4.26. The average Bonchev–Trinajstić information content (AvgIpc) is 3.26. The van der Waals surface area contributed by atoms with E-state index in [1.54, 1.807) is 0 Å². The van der Waals surface area contributed by atoms with Gasteiger partial charge in [-0.25, -0.2) is 10.8 Å². The van der Waals surface area contributed by atoms with Crippen LogP contribution in [0.25, 0.3) is 10.9 Å². The fourth-order valence-electron chi connectivity index (χ4n) is 2.98. The molecule has 2 aromatic rings. The molecule has 3 N–H and O–H groups in total. The highest BCUT2D eigenvalue weighted by atomic mass is 16.2. The van der Waals surface area contributed by atoms with Crippen LogP contribution in [-0.2, 0) is 16.1 Å². The van der Waals surface area contributed by atoms with Crippen molar-refractivity contribution in [3.8, 4) is 0 Å². The molecule has 2 atom stereocenters. The monoisotopic (exact) mass is 282 g/mol. The van der Waals surface area contributed by atoms with Crippen molar-refractivity contribution in [2.24, 2.45) is 17.7 Å². The van der Waals surface area contributed by atoms with Crippen LogP contribution in [0.5, 0.6) is 0 Å². The van der Waals surface area contributed by atoms with Crippen LogP contribution in [0.1, 0.15) is 12.0 Å². The lowest BCUT2D eigenvalue weighted by atomic mass is 10.1. The molecule has 1 aliphatic carbocycles. The van der Waals surface area contributed by atoms with Gasteiger partial charge in [0.25, 0.3) is 0 Å². The predicted molar refractivity (Wildman–Crippen MR) is 76.7 cm³/mol. The number of rotatable bonds is 3. The van der Waals surface area contributed by atoms with Crippen molar-refractivity contribution < 1.29 is 9.59 Å². The second-order valence-corrected chi connectivity index (χ2v) is 5.54. The molecule has 1 aliphatic heterocycles. The third kappa shape index (κ3) is 1.80. The molecule has 2 heterocycles. The van der Waals surface area contributed by atoms with E-state index in [0.717, 1.165) is 16.5 Å². The van der Waals surface area contributed by atoms with Crippen molar-refractivity contribution >= 4 is 28.5 Å². The van der Waals surface area contributed by atoms with Gasteiger partial charge < -0.3 is 5.43 Å². The van der Waals surface area contributed by atoms with Crippen LogP contribution in [0.15, 0.2) is 30.3 Å². The van der Waals surface area contributed by atoms with Gasteiger partial charge in [0.1, 0.15) is 5.82 Å². The van der Waals surface area contributed by atoms with E-state index in [4.69, 9.17) is 5.84 Å². The summed E-state index contributed by atoms with van der Waals surface area (Å²) in [6, 6.07) is 9.57. The van der Waals surface area contributed by atoms with E-state index in [-0.39, 0.29) is 30.2 Å². The number of hydrogen-bond acceptors (Lipinski definition) is 5. The van der Waals surface area contributed by atoms with E-state index in [9.17, 15) is 9.59 Å². The number of carbonyl (C=O) groups is 2. The third-order valence-corrected chi connectivity index (χ3v) is 4.22. The molecule has 4 rings (SSSR count). The van der Waals surface area contributed by atoms with Gasteiger partial charge in [-0.3, -0.25) is 14.5 Å². The quantitative estimate of drug-likeness (QED) is 0.498. The van der Waals surface area contributed by atoms with Gasteiger partial charge >= 0.3 is 0 Å². The highest BCUT2D eigenvalue weighted by Crippen LogP contribution is 2.47. The standard InChI is InChI=1S/C15H14N4O2/c16-18-13-9(5-8-3-1-2-4-12(8)17-13)7-19-14(20)10-6-11(10)15(19)21/h1-5,10-11H,6-7,16H2,(H,17,18). The van der Waals surface area contributed by atoms with Gasteiger partial charge in [0.05, 0.1) is 23.9 Å². The first-order valence-corrected chi connectivity index (χ1v) is 6.89. The molecule has 2 aliphatic rings. The second-order valence-electron chi connectivity index (χ2n) is 5.54. The molecular formula is C15H14N4O2. The number of likely N-dealkylation sites (tertiary alicyclic amines) is 1. The average molecular weight is 282 g/mol. The minimum atomic E-state index is -0.0831. The number of imide groups is 1. The van der Waals surface area contributed by atoms with Crippen molar-refractivity contribution in [3.63, 3.8) is 0 Å². The minimum absolute atomic E-state index is 0.0684. The summed E-state index contributed by atoms with van der Waals surface area (Å²) in [4.78, 5) is 29.9. The first-order chi connectivity index (χ1) is 10.2. The molecular weight excluding hydrogens is 268 g/mol. The van der Waals surface area contributed by atoms with Gasteiger partial charge in [0, 0.05) is 10.9 Å². The summed E-state index contributed by atoms with van der Waals surface area (Å²) in [6.07, 6.45) is 0.714. The third-order valence-electron chi connectivity index (χ3n) is 4.22. The van der Waals surface area contributed by atoms with Gasteiger partial charge in [0.2, 0.25) is 11.8 Å².